The van der Waals surface area contributed by atoms with E-state index in [2.05, 4.69) is 10.3 Å². The number of carbonyl (C=O) groups is 1. The zero-order valence-electron chi connectivity index (χ0n) is 11.6. The molecule has 0 saturated heterocycles. The minimum atomic E-state index is -0.530. The highest BCUT2D eigenvalue weighted by Gasteiger charge is 2.07. The van der Waals surface area contributed by atoms with Crippen LogP contribution < -0.4 is 22.3 Å². The average Bonchev–Trinajstić information content (AvgIpc) is 2.44. The number of H-pyrrole nitrogens is 1. The maximum absolute atomic E-state index is 11.8. The number of nitrogen functional groups attached to an aromatic ring is 1. The highest BCUT2D eigenvalue weighted by molar-refractivity contribution is 5.93. The van der Waals surface area contributed by atoms with E-state index in [0.29, 0.717) is 16.9 Å². The number of rotatable bonds is 4. The molecule has 0 spiro atoms. The Kier molecular flexibility index (Phi) is 4.22. The van der Waals surface area contributed by atoms with Crippen LogP contribution in [0.4, 0.5) is 11.4 Å². The van der Waals surface area contributed by atoms with Crippen molar-refractivity contribution in [3.05, 3.63) is 56.9 Å². The lowest BCUT2D eigenvalue weighted by Crippen LogP contribution is -2.31. The van der Waals surface area contributed by atoms with Crippen molar-refractivity contribution in [2.45, 2.75) is 19.9 Å². The SMILES string of the molecule is Cc1cn(CCC(=O)Nc2ccccc2N)c(=O)[nH]c1=O. The molecule has 4 N–H and O–H groups in total. The van der Waals surface area contributed by atoms with Crippen LogP contribution in [0.2, 0.25) is 0 Å². The minimum Gasteiger partial charge on any atom is -0.397 e. The molecule has 7 nitrogen and oxygen atoms in total. The smallest absolute Gasteiger partial charge is 0.328 e. The molecule has 1 aromatic carbocycles. The number of aromatic nitrogens is 2. The summed E-state index contributed by atoms with van der Waals surface area (Å²) in [7, 11) is 0. The van der Waals surface area contributed by atoms with E-state index in [4.69, 9.17) is 5.73 Å². The van der Waals surface area contributed by atoms with Crippen molar-refractivity contribution < 1.29 is 4.79 Å². The lowest BCUT2D eigenvalue weighted by Gasteiger charge is -2.09. The number of nitrogens with one attached hydrogen (secondary N) is 2. The molecule has 0 saturated carbocycles. The Labute approximate surface area is 120 Å². The second kappa shape index (κ2) is 6.08. The summed E-state index contributed by atoms with van der Waals surface area (Å²) < 4.78 is 1.30. The molecular weight excluding hydrogens is 272 g/mol. The monoisotopic (exact) mass is 288 g/mol. The second-order valence-electron chi connectivity index (χ2n) is 4.65. The van der Waals surface area contributed by atoms with E-state index < -0.39 is 11.2 Å². The molecule has 2 aromatic rings. The summed E-state index contributed by atoms with van der Waals surface area (Å²) in [6.07, 6.45) is 1.53. The number of anilines is 2. The van der Waals surface area contributed by atoms with E-state index in [1.54, 1.807) is 31.2 Å². The van der Waals surface area contributed by atoms with E-state index in [1.807, 2.05) is 0 Å². The summed E-state index contributed by atoms with van der Waals surface area (Å²) in [6.45, 7) is 1.77. The average molecular weight is 288 g/mol. The number of benzene rings is 1. The number of para-hydroxylation sites is 2. The van der Waals surface area contributed by atoms with Gasteiger partial charge in [0.25, 0.3) is 5.56 Å². The third-order valence-electron chi connectivity index (χ3n) is 3.00. The fourth-order valence-electron chi connectivity index (χ4n) is 1.83. The van der Waals surface area contributed by atoms with Gasteiger partial charge in [-0.25, -0.2) is 4.79 Å². The van der Waals surface area contributed by atoms with Gasteiger partial charge in [-0.15, -0.1) is 0 Å². The van der Waals surface area contributed by atoms with E-state index in [-0.39, 0.29) is 18.9 Å². The number of aromatic amines is 1. The third kappa shape index (κ3) is 3.59. The number of nitrogens with zero attached hydrogens (tertiary/aromatic N) is 1. The van der Waals surface area contributed by atoms with Gasteiger partial charge >= 0.3 is 5.69 Å². The van der Waals surface area contributed by atoms with Crippen LogP contribution in [0.3, 0.4) is 0 Å². The highest BCUT2D eigenvalue weighted by atomic mass is 16.2. The topological polar surface area (TPSA) is 110 Å². The number of carbonyl (C=O) groups excluding carboxylic acids is 1. The molecule has 0 aliphatic rings. The van der Waals surface area contributed by atoms with Crippen molar-refractivity contribution in [1.29, 1.82) is 0 Å². The Morgan fingerprint density at radius 2 is 2.05 bits per heavy atom. The molecule has 0 aliphatic heterocycles. The Balaban J connectivity index is 2.02. The van der Waals surface area contributed by atoms with Crippen LogP contribution in [0.1, 0.15) is 12.0 Å². The Bertz CT molecular complexity index is 776. The molecule has 0 unspecified atom stereocenters. The van der Waals surface area contributed by atoms with E-state index in [0.717, 1.165) is 0 Å². The van der Waals surface area contributed by atoms with Crippen LogP contribution in [0.25, 0.3) is 0 Å². The standard InChI is InChI=1S/C14H16N4O3/c1-9-8-18(14(21)17-13(9)20)7-6-12(19)16-11-5-3-2-4-10(11)15/h2-5,8H,6-7,15H2,1H3,(H,16,19)(H,17,20,21). The minimum absolute atomic E-state index is 0.0969. The van der Waals surface area contributed by atoms with Crippen LogP contribution >= 0.6 is 0 Å². The summed E-state index contributed by atoms with van der Waals surface area (Å²) in [6, 6.07) is 6.92. The van der Waals surface area contributed by atoms with Gasteiger partial charge in [-0.2, -0.15) is 0 Å². The Hall–Kier alpha value is -2.83. The predicted octanol–water partition coefficient (Wildman–Crippen LogP) is 0.456. The van der Waals surface area contributed by atoms with Gasteiger partial charge in [0.2, 0.25) is 5.91 Å². The van der Waals surface area contributed by atoms with Gasteiger partial charge < -0.3 is 11.1 Å². The fraction of sp³-hybridized carbons (Fsp3) is 0.214. The van der Waals surface area contributed by atoms with Crippen LogP contribution in [0.15, 0.2) is 40.1 Å². The summed E-state index contributed by atoms with van der Waals surface area (Å²) >= 11 is 0. The quantitative estimate of drug-likeness (QED) is 0.710. The number of amides is 1. The number of hydrogen-bond acceptors (Lipinski definition) is 4. The zero-order chi connectivity index (χ0) is 15.4. The van der Waals surface area contributed by atoms with Crippen LogP contribution in [-0.2, 0) is 11.3 Å². The van der Waals surface area contributed by atoms with Crippen molar-refractivity contribution >= 4 is 17.3 Å². The lowest BCUT2D eigenvalue weighted by molar-refractivity contribution is -0.116. The molecular formula is C14H16N4O3. The first-order valence-corrected chi connectivity index (χ1v) is 6.42. The summed E-state index contributed by atoms with van der Waals surface area (Å²) in [5.74, 6) is -0.261. The first-order valence-electron chi connectivity index (χ1n) is 6.42. The van der Waals surface area contributed by atoms with Gasteiger partial charge in [0, 0.05) is 24.7 Å². The first-order chi connectivity index (χ1) is 9.97. The molecule has 0 aliphatic carbocycles. The van der Waals surface area contributed by atoms with E-state index in [9.17, 15) is 14.4 Å². The maximum atomic E-state index is 11.8. The van der Waals surface area contributed by atoms with Crippen LogP contribution in [0, 0.1) is 6.92 Å². The third-order valence-corrected chi connectivity index (χ3v) is 3.00. The highest BCUT2D eigenvalue weighted by Crippen LogP contribution is 2.16. The molecule has 7 heteroatoms. The number of hydrogen-bond donors (Lipinski definition) is 3. The molecule has 0 bridgehead atoms. The predicted molar refractivity (Wildman–Crippen MR) is 80.2 cm³/mol. The van der Waals surface area contributed by atoms with Gasteiger partial charge in [-0.1, -0.05) is 12.1 Å². The first kappa shape index (κ1) is 14.6. The van der Waals surface area contributed by atoms with E-state index in [1.165, 1.54) is 10.8 Å². The van der Waals surface area contributed by atoms with Crippen molar-refractivity contribution in [1.82, 2.24) is 9.55 Å². The molecule has 1 amide bonds. The van der Waals surface area contributed by atoms with Gasteiger partial charge in [-0.05, 0) is 19.1 Å². The Morgan fingerprint density at radius 1 is 1.33 bits per heavy atom. The van der Waals surface area contributed by atoms with Gasteiger partial charge in [0.05, 0.1) is 11.4 Å². The van der Waals surface area contributed by atoms with Gasteiger partial charge in [-0.3, -0.25) is 19.1 Å². The summed E-state index contributed by atoms with van der Waals surface area (Å²) in [4.78, 5) is 36.9. The number of aryl methyl sites for hydroxylation is 2. The van der Waals surface area contributed by atoms with Crippen LogP contribution in [-0.4, -0.2) is 15.5 Å². The number of nitrogens with two attached hydrogens (primary N) is 1. The van der Waals surface area contributed by atoms with Crippen molar-refractivity contribution in [2.75, 3.05) is 11.1 Å². The molecule has 2 rings (SSSR count). The maximum Gasteiger partial charge on any atom is 0.328 e. The normalized spacial score (nSPS) is 10.3. The fourth-order valence-corrected chi connectivity index (χ4v) is 1.83. The molecule has 0 radical (unpaired) electrons. The molecule has 21 heavy (non-hydrogen) atoms. The van der Waals surface area contributed by atoms with Gasteiger partial charge in [0.1, 0.15) is 0 Å². The zero-order valence-corrected chi connectivity index (χ0v) is 11.6. The molecule has 110 valence electrons. The molecule has 0 atom stereocenters. The van der Waals surface area contributed by atoms with E-state index >= 15 is 0 Å². The molecule has 1 heterocycles. The Morgan fingerprint density at radius 3 is 2.76 bits per heavy atom. The summed E-state index contributed by atoms with van der Waals surface area (Å²) in [5, 5.41) is 2.67. The van der Waals surface area contributed by atoms with Gasteiger partial charge in [0.15, 0.2) is 0 Å². The molecule has 0 fully saturated rings. The van der Waals surface area contributed by atoms with Crippen molar-refractivity contribution in [2.24, 2.45) is 0 Å². The second-order valence-corrected chi connectivity index (χ2v) is 4.65. The largest absolute Gasteiger partial charge is 0.397 e. The summed E-state index contributed by atoms with van der Waals surface area (Å²) in [5.41, 5.74) is 6.21. The molecule has 1 aromatic heterocycles. The van der Waals surface area contributed by atoms with Crippen molar-refractivity contribution in [3.63, 3.8) is 0 Å². The van der Waals surface area contributed by atoms with Crippen molar-refractivity contribution in [3.8, 4) is 0 Å². The van der Waals surface area contributed by atoms with Crippen LogP contribution in [0.5, 0.6) is 0 Å². The lowest BCUT2D eigenvalue weighted by atomic mass is 10.2.